The van der Waals surface area contributed by atoms with E-state index in [0.717, 1.165) is 19.1 Å². The second-order valence-electron chi connectivity index (χ2n) is 2.30. The van der Waals surface area contributed by atoms with Crippen LogP contribution in [0.3, 0.4) is 0 Å². The van der Waals surface area contributed by atoms with Crippen LogP contribution in [0.5, 0.6) is 0 Å². The van der Waals surface area contributed by atoms with Crippen molar-refractivity contribution in [2.45, 2.75) is 18.9 Å². The van der Waals surface area contributed by atoms with Crippen molar-refractivity contribution in [2.24, 2.45) is 5.92 Å². The van der Waals surface area contributed by atoms with Gasteiger partial charge in [0.1, 0.15) is 6.29 Å². The van der Waals surface area contributed by atoms with Gasteiger partial charge in [-0.05, 0) is 12.8 Å². The molecule has 0 saturated carbocycles. The van der Waals surface area contributed by atoms with Crippen LogP contribution in [0.4, 0.5) is 0 Å². The molecule has 1 aliphatic rings. The van der Waals surface area contributed by atoms with E-state index in [9.17, 15) is 4.79 Å². The van der Waals surface area contributed by atoms with Gasteiger partial charge >= 0.3 is 0 Å². The fourth-order valence-corrected chi connectivity index (χ4v) is 0.986. The van der Waals surface area contributed by atoms with Gasteiger partial charge in [0.05, 0.1) is 6.10 Å². The third-order valence-electron chi connectivity index (χ3n) is 1.61. The Hall–Kier alpha value is 0.812. The number of carbonyl (C=O) groups excluding carboxylic acids is 1. The number of aliphatic hydroxyl groups is 1. The molecule has 0 aromatic rings. The normalized spacial score (nSPS) is 30.9. The topological polar surface area (TPSA) is 37.3 Å². The fraction of sp³-hybridized carbons (Fsp3) is 0.571. The van der Waals surface area contributed by atoms with Crippen molar-refractivity contribution in [3.63, 3.8) is 0 Å². The smallest absolute Gasteiger partial charge is 0.125 e. The summed E-state index contributed by atoms with van der Waals surface area (Å²) in [5.41, 5.74) is 0. The van der Waals surface area contributed by atoms with E-state index in [1.54, 1.807) is 6.08 Å². The molecule has 0 aromatic heterocycles. The molecule has 53 valence electrons. The Labute approximate surface area is 96.2 Å². The first-order valence-corrected chi connectivity index (χ1v) is 3.14. The third-order valence-corrected chi connectivity index (χ3v) is 1.61. The second-order valence-corrected chi connectivity index (χ2v) is 2.30. The van der Waals surface area contributed by atoms with E-state index in [1.165, 1.54) is 0 Å². The van der Waals surface area contributed by atoms with E-state index >= 15 is 0 Å². The van der Waals surface area contributed by atoms with Crippen LogP contribution in [0.2, 0.25) is 0 Å². The molecule has 1 aliphatic carbocycles. The number of rotatable bonds is 1. The van der Waals surface area contributed by atoms with Gasteiger partial charge in [0.15, 0.2) is 0 Å². The minimum absolute atomic E-state index is 0. The van der Waals surface area contributed by atoms with Crippen LogP contribution in [-0.2, 0) is 4.79 Å². The Morgan fingerprint density at radius 2 is 2.30 bits per heavy atom. The van der Waals surface area contributed by atoms with E-state index in [4.69, 9.17) is 5.11 Å². The minimum atomic E-state index is -0.531. The zero-order chi connectivity index (χ0) is 6.69. The molecular formula is C7H10AcO2. The minimum Gasteiger partial charge on any atom is -0.388 e. The van der Waals surface area contributed by atoms with Gasteiger partial charge in [-0.25, -0.2) is 0 Å². The molecule has 10 heavy (non-hydrogen) atoms. The maximum atomic E-state index is 10.2. The van der Waals surface area contributed by atoms with Crippen LogP contribution in [-0.4, -0.2) is 17.5 Å². The molecule has 3 heteroatoms. The summed E-state index contributed by atoms with van der Waals surface area (Å²) in [5.74, 6) is -0.157. The first kappa shape index (κ1) is 10.8. The molecule has 0 aromatic carbocycles. The summed E-state index contributed by atoms with van der Waals surface area (Å²) in [6.07, 6.45) is 5.60. The van der Waals surface area contributed by atoms with Crippen molar-refractivity contribution in [3.8, 4) is 0 Å². The number of hydrogen-bond donors (Lipinski definition) is 1. The first-order valence-electron chi connectivity index (χ1n) is 3.14. The van der Waals surface area contributed by atoms with E-state index in [0.29, 0.717) is 0 Å². The van der Waals surface area contributed by atoms with E-state index in [1.807, 2.05) is 6.08 Å². The standard InChI is InChI=1S/C7H10O2.Ac/c8-5-6-3-1-2-4-7(6)9;/h2,4-7,9H,1,3H2;. The van der Waals surface area contributed by atoms with Crippen LogP contribution in [0, 0.1) is 50.0 Å². The van der Waals surface area contributed by atoms with Gasteiger partial charge in [-0.15, -0.1) is 0 Å². The van der Waals surface area contributed by atoms with Gasteiger partial charge in [-0.3, -0.25) is 0 Å². The quantitative estimate of drug-likeness (QED) is 0.551. The fourth-order valence-electron chi connectivity index (χ4n) is 0.986. The first-order chi connectivity index (χ1) is 4.34. The van der Waals surface area contributed by atoms with Crippen LogP contribution in [0.15, 0.2) is 12.2 Å². The molecule has 1 N–H and O–H groups in total. The summed E-state index contributed by atoms with van der Waals surface area (Å²) >= 11 is 0. The summed E-state index contributed by atoms with van der Waals surface area (Å²) in [4.78, 5) is 10.2. The molecule has 1 rings (SSSR count). The van der Waals surface area contributed by atoms with E-state index in [2.05, 4.69) is 0 Å². The predicted octanol–water partition coefficient (Wildman–Crippen LogP) is 0.512. The maximum absolute atomic E-state index is 10.2. The van der Waals surface area contributed by atoms with Crippen molar-refractivity contribution in [3.05, 3.63) is 12.2 Å². The van der Waals surface area contributed by atoms with Crippen molar-refractivity contribution in [2.75, 3.05) is 0 Å². The monoisotopic (exact) mass is 353 g/mol. The van der Waals surface area contributed by atoms with Crippen LogP contribution >= 0.6 is 0 Å². The van der Waals surface area contributed by atoms with Crippen LogP contribution in [0.1, 0.15) is 12.8 Å². The van der Waals surface area contributed by atoms with E-state index < -0.39 is 6.10 Å². The number of aldehydes is 1. The van der Waals surface area contributed by atoms with Crippen molar-refractivity contribution in [1.29, 1.82) is 0 Å². The Morgan fingerprint density at radius 3 is 2.70 bits per heavy atom. The summed E-state index contributed by atoms with van der Waals surface area (Å²) in [6.45, 7) is 0. The van der Waals surface area contributed by atoms with Gasteiger partial charge < -0.3 is 9.90 Å². The summed E-state index contributed by atoms with van der Waals surface area (Å²) in [6, 6.07) is 0. The van der Waals surface area contributed by atoms with Gasteiger partial charge in [-0.1, -0.05) is 12.2 Å². The Morgan fingerprint density at radius 1 is 1.60 bits per heavy atom. The Bertz CT molecular complexity index is 134. The summed E-state index contributed by atoms with van der Waals surface area (Å²) in [5, 5.41) is 9.05. The molecule has 0 saturated heterocycles. The number of allylic oxidation sites excluding steroid dienone is 1. The molecule has 0 amide bonds. The van der Waals surface area contributed by atoms with Crippen molar-refractivity contribution in [1.82, 2.24) is 0 Å². The Kier molecular flexibility index (Phi) is 5.90. The average Bonchev–Trinajstić information content (AvgIpc) is 1.89. The molecule has 2 nitrogen and oxygen atoms in total. The van der Waals surface area contributed by atoms with Crippen LogP contribution < -0.4 is 0 Å². The molecule has 2 atom stereocenters. The molecule has 2 unspecified atom stereocenters. The van der Waals surface area contributed by atoms with E-state index in [-0.39, 0.29) is 50.0 Å². The van der Waals surface area contributed by atoms with Gasteiger partial charge in [0.2, 0.25) is 0 Å². The zero-order valence-corrected chi connectivity index (χ0v) is 10.5. The summed E-state index contributed by atoms with van der Waals surface area (Å²) in [7, 11) is 0. The number of hydrogen-bond acceptors (Lipinski definition) is 2. The third kappa shape index (κ3) is 2.82. The largest absolute Gasteiger partial charge is 0.388 e. The zero-order valence-electron chi connectivity index (χ0n) is 5.73. The van der Waals surface area contributed by atoms with Gasteiger partial charge in [-0.2, -0.15) is 0 Å². The molecule has 0 fully saturated rings. The molecular weight excluding hydrogens is 343 g/mol. The maximum Gasteiger partial charge on any atom is 0.125 e. The van der Waals surface area contributed by atoms with Crippen molar-refractivity contribution >= 4 is 6.29 Å². The molecule has 0 bridgehead atoms. The molecule has 0 heterocycles. The molecule has 0 aliphatic heterocycles. The predicted molar refractivity (Wildman–Crippen MR) is 33.9 cm³/mol. The average molecular weight is 353 g/mol. The second kappa shape index (κ2) is 5.46. The Balaban J connectivity index is 0.000000810. The summed E-state index contributed by atoms with van der Waals surface area (Å²) < 4.78 is 0. The number of aliphatic hydroxyl groups excluding tert-OH is 1. The number of carbonyl (C=O) groups is 1. The van der Waals surface area contributed by atoms with Crippen LogP contribution in [0.25, 0.3) is 0 Å². The van der Waals surface area contributed by atoms with Gasteiger partial charge in [0, 0.05) is 50.0 Å². The SMILES string of the molecule is O=CC1CCC=CC1O.[Ac]. The molecule has 0 spiro atoms. The van der Waals surface area contributed by atoms with Gasteiger partial charge in [0.25, 0.3) is 0 Å². The molecule has 1 radical (unpaired) electrons. The van der Waals surface area contributed by atoms with Crippen molar-refractivity contribution < 1.29 is 54.0 Å².